The molecule has 0 saturated carbocycles. The first-order valence-corrected chi connectivity index (χ1v) is 6.99. The summed E-state index contributed by atoms with van der Waals surface area (Å²) in [4.78, 5) is 27.9. The van der Waals surface area contributed by atoms with Gasteiger partial charge in [-0.25, -0.2) is 4.98 Å². The third-order valence-electron chi connectivity index (χ3n) is 3.04. The molecule has 21 heavy (non-hydrogen) atoms. The van der Waals surface area contributed by atoms with E-state index in [1.807, 2.05) is 20.8 Å². The van der Waals surface area contributed by atoms with Gasteiger partial charge in [-0.2, -0.15) is 0 Å². The van der Waals surface area contributed by atoms with Gasteiger partial charge >= 0.3 is 0 Å². The number of pyridine rings is 1. The number of rotatable bonds is 7. The number of amides is 2. The van der Waals surface area contributed by atoms with Crippen LogP contribution in [0.25, 0.3) is 0 Å². The van der Waals surface area contributed by atoms with Gasteiger partial charge in [0.05, 0.1) is 12.2 Å². The molecule has 1 atom stereocenters. The van der Waals surface area contributed by atoms with E-state index in [0.29, 0.717) is 24.5 Å². The van der Waals surface area contributed by atoms with Crippen molar-refractivity contribution in [2.24, 2.45) is 11.7 Å². The third kappa shape index (κ3) is 4.73. The van der Waals surface area contributed by atoms with Crippen LogP contribution < -0.4 is 15.8 Å². The van der Waals surface area contributed by atoms with Gasteiger partial charge in [0.1, 0.15) is 5.54 Å². The van der Waals surface area contributed by atoms with Crippen LogP contribution >= 0.6 is 0 Å². The van der Waals surface area contributed by atoms with Crippen LogP contribution in [0.5, 0.6) is 5.88 Å². The van der Waals surface area contributed by atoms with Crippen molar-refractivity contribution in [1.82, 2.24) is 10.3 Å². The second kappa shape index (κ2) is 7.06. The van der Waals surface area contributed by atoms with E-state index in [9.17, 15) is 9.59 Å². The van der Waals surface area contributed by atoms with Crippen molar-refractivity contribution in [3.8, 4) is 5.88 Å². The van der Waals surface area contributed by atoms with Crippen LogP contribution in [0.2, 0.25) is 0 Å². The molecule has 0 aliphatic rings. The summed E-state index contributed by atoms with van der Waals surface area (Å²) in [6.45, 7) is 7.92. The maximum atomic E-state index is 12.2. The Morgan fingerprint density at radius 2 is 2.10 bits per heavy atom. The van der Waals surface area contributed by atoms with E-state index in [1.165, 1.54) is 6.20 Å². The van der Waals surface area contributed by atoms with Crippen LogP contribution in [0.4, 0.5) is 0 Å². The van der Waals surface area contributed by atoms with Gasteiger partial charge in [-0.05, 0) is 32.3 Å². The van der Waals surface area contributed by atoms with E-state index in [-0.39, 0.29) is 11.8 Å². The zero-order valence-corrected chi connectivity index (χ0v) is 13.0. The number of primary amides is 1. The minimum atomic E-state index is -1.08. The Balaban J connectivity index is 2.84. The van der Waals surface area contributed by atoms with Crippen LogP contribution in [-0.4, -0.2) is 28.9 Å². The van der Waals surface area contributed by atoms with E-state index in [2.05, 4.69) is 10.3 Å². The lowest BCUT2D eigenvalue weighted by atomic mass is 9.89. The summed E-state index contributed by atoms with van der Waals surface area (Å²) in [6, 6.07) is 3.21. The molecule has 6 heteroatoms. The number of nitrogens with one attached hydrogen (secondary N) is 1. The minimum Gasteiger partial charge on any atom is -0.478 e. The van der Waals surface area contributed by atoms with Crippen molar-refractivity contribution < 1.29 is 14.3 Å². The second-order valence-corrected chi connectivity index (χ2v) is 5.57. The number of nitrogens with zero attached hydrogens (tertiary/aromatic N) is 1. The Hall–Kier alpha value is -2.11. The monoisotopic (exact) mass is 293 g/mol. The number of carbonyl (C=O) groups is 2. The number of carbonyl (C=O) groups excluding carboxylic acids is 2. The summed E-state index contributed by atoms with van der Waals surface area (Å²) in [5.74, 6) is -0.258. The lowest BCUT2D eigenvalue weighted by Crippen LogP contribution is -2.56. The topological polar surface area (TPSA) is 94.3 Å². The normalized spacial score (nSPS) is 13.6. The van der Waals surface area contributed by atoms with Crippen molar-refractivity contribution >= 4 is 11.8 Å². The molecule has 2 amide bonds. The molecular weight excluding hydrogens is 270 g/mol. The molecule has 0 saturated heterocycles. The second-order valence-electron chi connectivity index (χ2n) is 5.57. The Labute approximate surface area is 125 Å². The molecule has 1 heterocycles. The van der Waals surface area contributed by atoms with Gasteiger partial charge in [0.2, 0.25) is 11.8 Å². The number of ether oxygens (including phenoxy) is 1. The average Bonchev–Trinajstić information content (AvgIpc) is 2.38. The molecule has 6 nitrogen and oxygen atoms in total. The van der Waals surface area contributed by atoms with Gasteiger partial charge in [0.15, 0.2) is 0 Å². The Kier molecular flexibility index (Phi) is 5.69. The van der Waals surface area contributed by atoms with Crippen molar-refractivity contribution in [2.75, 3.05) is 6.61 Å². The highest BCUT2D eigenvalue weighted by molar-refractivity contribution is 5.98. The Morgan fingerprint density at radius 1 is 1.43 bits per heavy atom. The van der Waals surface area contributed by atoms with E-state index < -0.39 is 11.4 Å². The molecule has 0 fully saturated rings. The maximum absolute atomic E-state index is 12.2. The highest BCUT2D eigenvalue weighted by Crippen LogP contribution is 2.17. The van der Waals surface area contributed by atoms with Crippen molar-refractivity contribution in [1.29, 1.82) is 0 Å². The SMILES string of the molecule is CCOc1ccc(C(=O)N[C@](C)(CC(C)C)C(N)=O)cn1. The number of hydrogen-bond donors (Lipinski definition) is 2. The highest BCUT2D eigenvalue weighted by Gasteiger charge is 2.33. The van der Waals surface area contributed by atoms with Crippen molar-refractivity contribution in [3.05, 3.63) is 23.9 Å². The summed E-state index contributed by atoms with van der Waals surface area (Å²) in [5.41, 5.74) is 4.70. The number of nitrogens with two attached hydrogens (primary N) is 1. The van der Waals surface area contributed by atoms with Crippen LogP contribution in [0.3, 0.4) is 0 Å². The quantitative estimate of drug-likeness (QED) is 0.796. The van der Waals surface area contributed by atoms with Gasteiger partial charge in [0.25, 0.3) is 5.91 Å². The highest BCUT2D eigenvalue weighted by atomic mass is 16.5. The molecule has 1 rings (SSSR count). The van der Waals surface area contributed by atoms with Crippen LogP contribution in [0, 0.1) is 5.92 Å². The summed E-state index contributed by atoms with van der Waals surface area (Å²) in [5, 5.41) is 2.70. The van der Waals surface area contributed by atoms with Crippen LogP contribution in [0.1, 0.15) is 44.5 Å². The van der Waals surface area contributed by atoms with E-state index >= 15 is 0 Å². The standard InChI is InChI=1S/C15H23N3O3/c1-5-21-12-7-6-11(9-17-12)13(19)18-15(4,14(16)20)8-10(2)3/h6-7,9-10H,5,8H2,1-4H3,(H2,16,20)(H,18,19)/t15-/m1/s1. The van der Waals surface area contributed by atoms with E-state index in [4.69, 9.17) is 10.5 Å². The van der Waals surface area contributed by atoms with Gasteiger partial charge < -0.3 is 15.8 Å². The smallest absolute Gasteiger partial charge is 0.253 e. The molecule has 0 unspecified atom stereocenters. The summed E-state index contributed by atoms with van der Waals surface area (Å²) in [6.07, 6.45) is 1.88. The molecular formula is C15H23N3O3. The predicted octanol–water partition coefficient (Wildman–Crippen LogP) is 1.50. The van der Waals surface area contributed by atoms with Gasteiger partial charge in [-0.3, -0.25) is 9.59 Å². The van der Waals surface area contributed by atoms with Crippen LogP contribution in [-0.2, 0) is 4.79 Å². The first-order valence-electron chi connectivity index (χ1n) is 6.99. The Bertz CT molecular complexity index is 499. The van der Waals surface area contributed by atoms with E-state index in [1.54, 1.807) is 19.1 Å². The first kappa shape index (κ1) is 16.9. The molecule has 0 spiro atoms. The molecule has 116 valence electrons. The third-order valence-corrected chi connectivity index (χ3v) is 3.04. The van der Waals surface area contributed by atoms with Crippen LogP contribution in [0.15, 0.2) is 18.3 Å². The van der Waals surface area contributed by atoms with Gasteiger partial charge in [-0.15, -0.1) is 0 Å². The van der Waals surface area contributed by atoms with Gasteiger partial charge in [-0.1, -0.05) is 13.8 Å². The zero-order valence-electron chi connectivity index (χ0n) is 13.0. The molecule has 1 aromatic heterocycles. The number of hydrogen-bond acceptors (Lipinski definition) is 4. The largest absolute Gasteiger partial charge is 0.478 e. The average molecular weight is 293 g/mol. The molecule has 0 aromatic carbocycles. The Morgan fingerprint density at radius 3 is 2.52 bits per heavy atom. The predicted molar refractivity (Wildman–Crippen MR) is 79.9 cm³/mol. The molecule has 0 aliphatic carbocycles. The zero-order chi connectivity index (χ0) is 16.0. The molecule has 3 N–H and O–H groups in total. The lowest BCUT2D eigenvalue weighted by Gasteiger charge is -2.29. The molecule has 0 radical (unpaired) electrons. The first-order chi connectivity index (χ1) is 9.78. The lowest BCUT2D eigenvalue weighted by molar-refractivity contribution is -0.124. The fraction of sp³-hybridized carbons (Fsp3) is 0.533. The summed E-state index contributed by atoms with van der Waals surface area (Å²) >= 11 is 0. The summed E-state index contributed by atoms with van der Waals surface area (Å²) < 4.78 is 5.22. The van der Waals surface area contributed by atoms with Gasteiger partial charge in [0, 0.05) is 12.3 Å². The fourth-order valence-electron chi connectivity index (χ4n) is 2.10. The minimum absolute atomic E-state index is 0.223. The fourth-order valence-corrected chi connectivity index (χ4v) is 2.10. The van der Waals surface area contributed by atoms with Crippen molar-refractivity contribution in [2.45, 2.75) is 39.7 Å². The van der Waals surface area contributed by atoms with Crippen molar-refractivity contribution in [3.63, 3.8) is 0 Å². The molecule has 0 aliphatic heterocycles. The maximum Gasteiger partial charge on any atom is 0.253 e. The van der Waals surface area contributed by atoms with E-state index in [0.717, 1.165) is 0 Å². The molecule has 0 bridgehead atoms. The number of aromatic nitrogens is 1. The summed E-state index contributed by atoms with van der Waals surface area (Å²) in [7, 11) is 0. The molecule has 1 aromatic rings.